The van der Waals surface area contributed by atoms with E-state index in [2.05, 4.69) is 18.0 Å². The molecule has 1 fully saturated rings. The van der Waals surface area contributed by atoms with Crippen molar-refractivity contribution >= 4 is 0 Å². The minimum atomic E-state index is -0.678. The van der Waals surface area contributed by atoms with Crippen LogP contribution in [0.1, 0.15) is 44.9 Å². The Morgan fingerprint density at radius 2 is 2.17 bits per heavy atom. The van der Waals surface area contributed by atoms with Crippen molar-refractivity contribution in [2.45, 2.75) is 57.7 Å². The first kappa shape index (κ1) is 13.5. The lowest BCUT2D eigenvalue weighted by atomic mass is 9.81. The normalized spacial score (nSPS) is 27.1. The lowest BCUT2D eigenvalue weighted by molar-refractivity contribution is -0.143. The second kappa shape index (κ2) is 4.98. The molecule has 0 aromatic carbocycles. The molecule has 100 valence electrons. The smallest absolute Gasteiger partial charge is 0.0752 e. The molecule has 18 heavy (non-hydrogen) atoms. The Morgan fingerprint density at radius 3 is 2.72 bits per heavy atom. The summed E-state index contributed by atoms with van der Waals surface area (Å²) in [4.78, 5) is 4.44. The number of aliphatic hydroxyl groups is 1. The molecule has 1 aliphatic heterocycles. The summed E-state index contributed by atoms with van der Waals surface area (Å²) in [6, 6.07) is 4.12. The number of rotatable bonds is 3. The average molecular weight is 249 g/mol. The van der Waals surface area contributed by atoms with Crippen LogP contribution in [-0.4, -0.2) is 27.9 Å². The third-order valence-corrected chi connectivity index (χ3v) is 3.62. The fourth-order valence-electron chi connectivity index (χ4n) is 2.71. The highest BCUT2D eigenvalue weighted by molar-refractivity contribution is 5.16. The molecule has 0 radical (unpaired) electrons. The Bertz CT molecular complexity index is 399. The molecule has 1 aromatic rings. The SMILES string of the molecule is CCc1ccc(CC2(O)CCOC(C)(C)C2)nc1. The maximum Gasteiger partial charge on any atom is 0.0752 e. The number of hydrogen-bond acceptors (Lipinski definition) is 3. The lowest BCUT2D eigenvalue weighted by Crippen LogP contribution is -2.47. The van der Waals surface area contributed by atoms with E-state index in [0.717, 1.165) is 12.1 Å². The van der Waals surface area contributed by atoms with E-state index in [-0.39, 0.29) is 5.60 Å². The van der Waals surface area contributed by atoms with Crippen molar-refractivity contribution in [3.05, 3.63) is 29.6 Å². The fourth-order valence-corrected chi connectivity index (χ4v) is 2.71. The summed E-state index contributed by atoms with van der Waals surface area (Å²) in [5.41, 5.74) is 1.28. The maximum absolute atomic E-state index is 10.7. The molecule has 0 aliphatic carbocycles. The van der Waals surface area contributed by atoms with Gasteiger partial charge in [0.1, 0.15) is 0 Å². The number of ether oxygens (including phenoxy) is 1. The molecule has 2 rings (SSSR count). The summed E-state index contributed by atoms with van der Waals surface area (Å²) in [5.74, 6) is 0. The van der Waals surface area contributed by atoms with Crippen LogP contribution in [0.25, 0.3) is 0 Å². The average Bonchev–Trinajstić information content (AvgIpc) is 2.27. The van der Waals surface area contributed by atoms with Crippen LogP contribution in [0.3, 0.4) is 0 Å². The van der Waals surface area contributed by atoms with Gasteiger partial charge in [-0.15, -0.1) is 0 Å². The van der Waals surface area contributed by atoms with Crippen LogP contribution in [0, 0.1) is 0 Å². The molecule has 1 unspecified atom stereocenters. The van der Waals surface area contributed by atoms with Crippen LogP contribution in [0.15, 0.2) is 18.3 Å². The predicted octanol–water partition coefficient (Wildman–Crippen LogP) is 2.51. The lowest BCUT2D eigenvalue weighted by Gasteiger charge is -2.41. The van der Waals surface area contributed by atoms with E-state index in [4.69, 9.17) is 4.74 Å². The van der Waals surface area contributed by atoms with Gasteiger partial charge in [0.05, 0.1) is 17.8 Å². The van der Waals surface area contributed by atoms with Crippen LogP contribution in [0.4, 0.5) is 0 Å². The van der Waals surface area contributed by atoms with E-state index < -0.39 is 5.60 Å². The molecule has 1 N–H and O–H groups in total. The highest BCUT2D eigenvalue weighted by Crippen LogP contribution is 2.33. The molecule has 1 saturated heterocycles. The zero-order chi connectivity index (χ0) is 13.2. The molecule has 0 amide bonds. The zero-order valence-electron chi connectivity index (χ0n) is 11.6. The van der Waals surface area contributed by atoms with Crippen LogP contribution >= 0.6 is 0 Å². The molecule has 0 bridgehead atoms. The van der Waals surface area contributed by atoms with Crippen molar-refractivity contribution in [1.82, 2.24) is 4.98 Å². The van der Waals surface area contributed by atoms with Crippen molar-refractivity contribution in [3.8, 4) is 0 Å². The summed E-state index contributed by atoms with van der Waals surface area (Å²) < 4.78 is 5.65. The maximum atomic E-state index is 10.7. The molecule has 0 spiro atoms. The second-order valence-corrected chi connectivity index (χ2v) is 5.95. The van der Waals surface area contributed by atoms with E-state index >= 15 is 0 Å². The van der Waals surface area contributed by atoms with Crippen LogP contribution in [0.5, 0.6) is 0 Å². The van der Waals surface area contributed by atoms with Crippen LogP contribution in [0.2, 0.25) is 0 Å². The second-order valence-electron chi connectivity index (χ2n) is 5.95. The molecule has 3 heteroatoms. The van der Waals surface area contributed by atoms with Gasteiger partial charge in [0.25, 0.3) is 0 Å². The van der Waals surface area contributed by atoms with Gasteiger partial charge >= 0.3 is 0 Å². The molecule has 1 aromatic heterocycles. The van der Waals surface area contributed by atoms with Crippen molar-refractivity contribution in [2.75, 3.05) is 6.61 Å². The van der Waals surface area contributed by atoms with Crippen molar-refractivity contribution in [1.29, 1.82) is 0 Å². The molecular formula is C15H23NO2. The van der Waals surface area contributed by atoms with Gasteiger partial charge in [-0.05, 0) is 38.3 Å². The van der Waals surface area contributed by atoms with E-state index in [0.29, 0.717) is 25.9 Å². The third kappa shape index (κ3) is 3.30. The van der Waals surface area contributed by atoms with Gasteiger partial charge in [0, 0.05) is 24.7 Å². The summed E-state index contributed by atoms with van der Waals surface area (Å²) in [6.07, 6.45) is 4.87. The third-order valence-electron chi connectivity index (χ3n) is 3.62. The molecule has 3 nitrogen and oxygen atoms in total. The molecule has 0 saturated carbocycles. The predicted molar refractivity (Wildman–Crippen MR) is 71.5 cm³/mol. The van der Waals surface area contributed by atoms with Crippen molar-refractivity contribution < 1.29 is 9.84 Å². The largest absolute Gasteiger partial charge is 0.389 e. The number of pyridine rings is 1. The van der Waals surface area contributed by atoms with Gasteiger partial charge in [0.15, 0.2) is 0 Å². The fraction of sp³-hybridized carbons (Fsp3) is 0.667. The summed E-state index contributed by atoms with van der Waals surface area (Å²) >= 11 is 0. The van der Waals surface area contributed by atoms with Crippen LogP contribution < -0.4 is 0 Å². The first-order valence-corrected chi connectivity index (χ1v) is 6.73. The van der Waals surface area contributed by atoms with Gasteiger partial charge in [-0.1, -0.05) is 13.0 Å². The van der Waals surface area contributed by atoms with E-state index in [9.17, 15) is 5.11 Å². The van der Waals surface area contributed by atoms with E-state index in [1.807, 2.05) is 26.1 Å². The molecule has 1 aliphatic rings. The Balaban J connectivity index is 2.07. The standard InChI is InChI=1S/C15H23NO2/c1-4-12-5-6-13(16-10-12)9-15(17)7-8-18-14(2,3)11-15/h5-6,10,17H,4,7-9,11H2,1-3H3. The highest BCUT2D eigenvalue weighted by atomic mass is 16.5. The Kier molecular flexibility index (Phi) is 3.74. The first-order chi connectivity index (χ1) is 8.42. The van der Waals surface area contributed by atoms with E-state index in [1.165, 1.54) is 5.56 Å². The van der Waals surface area contributed by atoms with Gasteiger partial charge in [-0.2, -0.15) is 0 Å². The van der Waals surface area contributed by atoms with Gasteiger partial charge in [-0.3, -0.25) is 4.98 Å². The number of aromatic nitrogens is 1. The Hall–Kier alpha value is -0.930. The number of aryl methyl sites for hydroxylation is 1. The molecule has 2 heterocycles. The van der Waals surface area contributed by atoms with Gasteiger partial charge in [0.2, 0.25) is 0 Å². The van der Waals surface area contributed by atoms with Gasteiger partial charge in [-0.25, -0.2) is 0 Å². The summed E-state index contributed by atoms with van der Waals surface area (Å²) in [5, 5.41) is 10.7. The van der Waals surface area contributed by atoms with Crippen molar-refractivity contribution in [3.63, 3.8) is 0 Å². The van der Waals surface area contributed by atoms with E-state index in [1.54, 1.807) is 0 Å². The Morgan fingerprint density at radius 1 is 1.39 bits per heavy atom. The monoisotopic (exact) mass is 249 g/mol. The first-order valence-electron chi connectivity index (χ1n) is 6.73. The Labute approximate surface area is 109 Å². The van der Waals surface area contributed by atoms with Crippen molar-refractivity contribution in [2.24, 2.45) is 0 Å². The minimum Gasteiger partial charge on any atom is -0.389 e. The topological polar surface area (TPSA) is 42.4 Å². The number of hydrogen-bond donors (Lipinski definition) is 1. The highest BCUT2D eigenvalue weighted by Gasteiger charge is 2.39. The minimum absolute atomic E-state index is 0.240. The van der Waals surface area contributed by atoms with Gasteiger partial charge < -0.3 is 9.84 Å². The summed E-state index contributed by atoms with van der Waals surface area (Å²) in [7, 11) is 0. The summed E-state index contributed by atoms with van der Waals surface area (Å²) in [6.45, 7) is 6.80. The molecule has 1 atom stereocenters. The quantitative estimate of drug-likeness (QED) is 0.895. The zero-order valence-corrected chi connectivity index (χ0v) is 11.6. The number of nitrogens with zero attached hydrogens (tertiary/aromatic N) is 1. The van der Waals surface area contributed by atoms with Crippen LogP contribution in [-0.2, 0) is 17.6 Å². The molecular weight excluding hydrogens is 226 g/mol.